The second-order valence-electron chi connectivity index (χ2n) is 2.68. The molecule has 1 aromatic rings. The van der Waals surface area contributed by atoms with Gasteiger partial charge >= 0.3 is 0 Å². The fraction of sp³-hybridized carbons (Fsp3) is 0.222. The van der Waals surface area contributed by atoms with Crippen molar-refractivity contribution in [2.75, 3.05) is 11.9 Å². The molecular weight excluding hydrogens is 176 g/mol. The number of hydrogen-bond acceptors (Lipinski definition) is 2. The van der Waals surface area contributed by atoms with Crippen LogP contribution in [0.4, 0.5) is 14.5 Å². The van der Waals surface area contributed by atoms with Gasteiger partial charge in [0.1, 0.15) is 17.4 Å². The summed E-state index contributed by atoms with van der Waals surface area (Å²) in [6.07, 6.45) is 0. The molecule has 0 heterocycles. The van der Waals surface area contributed by atoms with Crippen LogP contribution < -0.4 is 5.32 Å². The highest BCUT2D eigenvalue weighted by Gasteiger charge is 2.03. The smallest absolute Gasteiger partial charge is 0.149 e. The molecule has 0 aliphatic heterocycles. The Morgan fingerprint density at radius 3 is 2.69 bits per heavy atom. The fourth-order valence-corrected chi connectivity index (χ4v) is 0.853. The zero-order valence-electron chi connectivity index (χ0n) is 7.10. The molecule has 0 radical (unpaired) electrons. The number of hydrogen-bond donors (Lipinski definition) is 1. The summed E-state index contributed by atoms with van der Waals surface area (Å²) in [4.78, 5) is 10.5. The number of carbonyl (C=O) groups excluding carboxylic acids is 1. The predicted octanol–water partition coefficient (Wildman–Crippen LogP) is 1.97. The van der Waals surface area contributed by atoms with Crippen molar-refractivity contribution in [1.29, 1.82) is 0 Å². The van der Waals surface area contributed by atoms with E-state index in [-0.39, 0.29) is 18.0 Å². The van der Waals surface area contributed by atoms with E-state index in [4.69, 9.17) is 0 Å². The van der Waals surface area contributed by atoms with E-state index in [1.807, 2.05) is 0 Å². The average Bonchev–Trinajstić information content (AvgIpc) is 2.02. The summed E-state index contributed by atoms with van der Waals surface area (Å²) in [5, 5.41) is 2.55. The van der Waals surface area contributed by atoms with Gasteiger partial charge in [0, 0.05) is 6.07 Å². The van der Waals surface area contributed by atoms with Crippen LogP contribution in [0.1, 0.15) is 6.92 Å². The number of Topliss-reactive ketones (excluding diaryl/α,β-unsaturated/α-hetero) is 1. The second kappa shape index (κ2) is 3.98. The van der Waals surface area contributed by atoms with Crippen LogP contribution in [0.3, 0.4) is 0 Å². The molecule has 0 saturated heterocycles. The maximum atomic E-state index is 12.9. The minimum atomic E-state index is -0.693. The molecule has 1 rings (SSSR count). The lowest BCUT2D eigenvalue weighted by Gasteiger charge is -2.04. The number of benzene rings is 1. The molecule has 0 aliphatic rings. The van der Waals surface area contributed by atoms with Crippen LogP contribution in [0.15, 0.2) is 18.2 Å². The first kappa shape index (κ1) is 9.64. The Hall–Kier alpha value is -1.45. The molecule has 4 heteroatoms. The molecule has 13 heavy (non-hydrogen) atoms. The molecule has 1 N–H and O–H groups in total. The molecule has 0 saturated carbocycles. The normalized spacial score (nSPS) is 9.77. The summed E-state index contributed by atoms with van der Waals surface area (Å²) in [5.41, 5.74) is 0.136. The second-order valence-corrected chi connectivity index (χ2v) is 2.68. The van der Waals surface area contributed by atoms with E-state index < -0.39 is 11.6 Å². The third-order valence-electron chi connectivity index (χ3n) is 1.46. The van der Waals surface area contributed by atoms with Crippen molar-refractivity contribution in [1.82, 2.24) is 0 Å². The third-order valence-corrected chi connectivity index (χ3v) is 1.46. The summed E-state index contributed by atoms with van der Waals surface area (Å²) in [6.45, 7) is 1.43. The summed E-state index contributed by atoms with van der Waals surface area (Å²) in [6, 6.07) is 3.15. The van der Waals surface area contributed by atoms with Gasteiger partial charge in [0.05, 0.1) is 12.2 Å². The quantitative estimate of drug-likeness (QED) is 0.779. The topological polar surface area (TPSA) is 29.1 Å². The first-order valence-electron chi connectivity index (χ1n) is 3.78. The van der Waals surface area contributed by atoms with Crippen LogP contribution in [0.25, 0.3) is 0 Å². The molecule has 0 fully saturated rings. The van der Waals surface area contributed by atoms with E-state index in [9.17, 15) is 13.6 Å². The van der Waals surface area contributed by atoms with Gasteiger partial charge in [0.15, 0.2) is 0 Å². The van der Waals surface area contributed by atoms with E-state index in [0.29, 0.717) is 0 Å². The number of halogens is 2. The van der Waals surface area contributed by atoms with Crippen molar-refractivity contribution < 1.29 is 13.6 Å². The highest BCUT2D eigenvalue weighted by Crippen LogP contribution is 2.14. The SMILES string of the molecule is CC(=O)CNc1ccc(F)cc1F. The maximum absolute atomic E-state index is 12.9. The molecule has 2 nitrogen and oxygen atoms in total. The van der Waals surface area contributed by atoms with Gasteiger partial charge in [-0.3, -0.25) is 4.79 Å². The Bertz CT molecular complexity index is 325. The Morgan fingerprint density at radius 1 is 1.46 bits per heavy atom. The van der Waals surface area contributed by atoms with Crippen LogP contribution in [0.2, 0.25) is 0 Å². The zero-order chi connectivity index (χ0) is 9.84. The van der Waals surface area contributed by atoms with Crippen molar-refractivity contribution in [2.45, 2.75) is 6.92 Å². The number of anilines is 1. The molecule has 1 aromatic carbocycles. The van der Waals surface area contributed by atoms with Crippen LogP contribution in [0, 0.1) is 11.6 Å². The largest absolute Gasteiger partial charge is 0.376 e. The van der Waals surface area contributed by atoms with Crippen LogP contribution in [-0.2, 0) is 4.79 Å². The lowest BCUT2D eigenvalue weighted by molar-refractivity contribution is -0.115. The average molecular weight is 185 g/mol. The van der Waals surface area contributed by atoms with Crippen molar-refractivity contribution in [2.24, 2.45) is 0 Å². The Morgan fingerprint density at radius 2 is 2.15 bits per heavy atom. The van der Waals surface area contributed by atoms with Gasteiger partial charge in [0.25, 0.3) is 0 Å². The Kier molecular flexibility index (Phi) is 2.95. The molecule has 0 unspecified atom stereocenters. The maximum Gasteiger partial charge on any atom is 0.149 e. The van der Waals surface area contributed by atoms with Crippen LogP contribution in [-0.4, -0.2) is 12.3 Å². The Labute approximate surface area is 74.6 Å². The van der Waals surface area contributed by atoms with Crippen LogP contribution >= 0.6 is 0 Å². The standard InChI is InChI=1S/C9H9F2NO/c1-6(13)5-12-9-3-2-7(10)4-8(9)11/h2-4,12H,5H2,1H3. The highest BCUT2D eigenvalue weighted by molar-refractivity contribution is 5.80. The van der Waals surface area contributed by atoms with E-state index >= 15 is 0 Å². The first-order chi connectivity index (χ1) is 6.09. The van der Waals surface area contributed by atoms with E-state index in [1.165, 1.54) is 13.0 Å². The molecule has 70 valence electrons. The van der Waals surface area contributed by atoms with Gasteiger partial charge in [-0.15, -0.1) is 0 Å². The number of ketones is 1. The molecular formula is C9H9F2NO. The van der Waals surface area contributed by atoms with Crippen molar-refractivity contribution in [3.05, 3.63) is 29.8 Å². The van der Waals surface area contributed by atoms with Gasteiger partial charge in [-0.1, -0.05) is 0 Å². The lowest BCUT2D eigenvalue weighted by Crippen LogP contribution is -2.10. The minimum Gasteiger partial charge on any atom is -0.376 e. The van der Waals surface area contributed by atoms with E-state index in [2.05, 4.69) is 5.32 Å². The molecule has 0 aromatic heterocycles. The van der Waals surface area contributed by atoms with Crippen molar-refractivity contribution >= 4 is 11.5 Å². The molecule has 0 amide bonds. The van der Waals surface area contributed by atoms with Gasteiger partial charge in [-0.05, 0) is 19.1 Å². The fourth-order valence-electron chi connectivity index (χ4n) is 0.853. The minimum absolute atomic E-state index is 0.0442. The monoisotopic (exact) mass is 185 g/mol. The molecule has 0 spiro atoms. The van der Waals surface area contributed by atoms with Crippen molar-refractivity contribution in [3.8, 4) is 0 Å². The third kappa shape index (κ3) is 2.82. The highest BCUT2D eigenvalue weighted by atomic mass is 19.1. The zero-order valence-corrected chi connectivity index (χ0v) is 7.10. The summed E-state index contributed by atoms with van der Waals surface area (Å²) >= 11 is 0. The first-order valence-corrected chi connectivity index (χ1v) is 3.78. The van der Waals surface area contributed by atoms with Gasteiger partial charge in [0.2, 0.25) is 0 Å². The summed E-state index contributed by atoms with van der Waals surface area (Å²) < 4.78 is 25.3. The summed E-state index contributed by atoms with van der Waals surface area (Å²) in [7, 11) is 0. The Balaban J connectivity index is 2.72. The molecule has 0 atom stereocenters. The van der Waals surface area contributed by atoms with Gasteiger partial charge in [-0.2, -0.15) is 0 Å². The molecule has 0 bridgehead atoms. The summed E-state index contributed by atoms with van der Waals surface area (Å²) in [5.74, 6) is -1.43. The van der Waals surface area contributed by atoms with Crippen molar-refractivity contribution in [3.63, 3.8) is 0 Å². The lowest BCUT2D eigenvalue weighted by atomic mass is 10.3. The number of carbonyl (C=O) groups is 1. The predicted molar refractivity (Wildman–Crippen MR) is 45.5 cm³/mol. The number of rotatable bonds is 3. The van der Waals surface area contributed by atoms with Crippen LogP contribution in [0.5, 0.6) is 0 Å². The number of nitrogens with one attached hydrogen (secondary N) is 1. The van der Waals surface area contributed by atoms with Gasteiger partial charge in [-0.25, -0.2) is 8.78 Å². The molecule has 0 aliphatic carbocycles. The van der Waals surface area contributed by atoms with Gasteiger partial charge < -0.3 is 5.32 Å². The van der Waals surface area contributed by atoms with E-state index in [1.54, 1.807) is 0 Å². The van der Waals surface area contributed by atoms with E-state index in [0.717, 1.165) is 12.1 Å².